The first-order valence-electron chi connectivity index (χ1n) is 8.20. The number of ether oxygens (including phenoxy) is 1. The van der Waals surface area contributed by atoms with E-state index in [0.29, 0.717) is 5.69 Å². The Morgan fingerprint density at radius 2 is 1.96 bits per heavy atom. The number of hydrogen-bond donors (Lipinski definition) is 3. The van der Waals surface area contributed by atoms with Crippen molar-refractivity contribution in [1.29, 1.82) is 0 Å². The Morgan fingerprint density at radius 3 is 2.62 bits per heavy atom. The molecule has 0 aliphatic rings. The number of nitrogens with one attached hydrogen (secondary N) is 2. The number of rotatable bonds is 8. The molecule has 2 aromatic rings. The first-order chi connectivity index (χ1) is 11.6. The summed E-state index contributed by atoms with van der Waals surface area (Å²) < 4.78 is 5.66. The van der Waals surface area contributed by atoms with Gasteiger partial charge in [-0.05, 0) is 48.7 Å². The van der Waals surface area contributed by atoms with Crippen LogP contribution in [0.4, 0.5) is 10.5 Å². The number of anilines is 1. The highest BCUT2D eigenvalue weighted by molar-refractivity contribution is 5.87. The summed E-state index contributed by atoms with van der Waals surface area (Å²) in [6, 6.07) is 15.4. The van der Waals surface area contributed by atoms with Gasteiger partial charge in [-0.1, -0.05) is 31.2 Å². The average molecular weight is 327 g/mol. The summed E-state index contributed by atoms with van der Waals surface area (Å²) in [6.07, 6.45) is 1.00. The maximum atomic E-state index is 10.8. The molecule has 0 saturated heterocycles. The van der Waals surface area contributed by atoms with E-state index in [1.165, 1.54) is 5.56 Å². The number of carbonyl (C=O) groups is 1. The summed E-state index contributed by atoms with van der Waals surface area (Å²) in [6.45, 7) is 5.69. The lowest BCUT2D eigenvalue weighted by atomic mass is 10.1. The Balaban J connectivity index is 1.90. The number of benzene rings is 2. The van der Waals surface area contributed by atoms with Crippen molar-refractivity contribution < 1.29 is 9.53 Å². The van der Waals surface area contributed by atoms with E-state index in [0.717, 1.165) is 30.9 Å². The molecule has 0 aliphatic heterocycles. The molecule has 0 bridgehead atoms. The standard InChI is InChI=1S/C19H25N3O2/c1-3-11-24-18-6-4-5-15(12-18)13-21-14(2)16-7-9-17(10-8-16)22-19(20)23/h4-10,12,14,21H,3,11,13H2,1-2H3,(H3,20,22,23). The summed E-state index contributed by atoms with van der Waals surface area (Å²) in [7, 11) is 0. The van der Waals surface area contributed by atoms with Crippen molar-refractivity contribution in [3.8, 4) is 5.75 Å². The molecule has 5 nitrogen and oxygen atoms in total. The van der Waals surface area contributed by atoms with Crippen LogP contribution in [0.25, 0.3) is 0 Å². The number of nitrogens with two attached hydrogens (primary N) is 1. The molecule has 2 aromatic carbocycles. The fourth-order valence-corrected chi connectivity index (χ4v) is 2.35. The fraction of sp³-hybridized carbons (Fsp3) is 0.316. The summed E-state index contributed by atoms with van der Waals surface area (Å²) in [5.74, 6) is 0.908. The van der Waals surface area contributed by atoms with Gasteiger partial charge in [-0.3, -0.25) is 0 Å². The van der Waals surface area contributed by atoms with E-state index >= 15 is 0 Å². The predicted molar refractivity (Wildman–Crippen MR) is 97.1 cm³/mol. The monoisotopic (exact) mass is 327 g/mol. The van der Waals surface area contributed by atoms with Gasteiger partial charge in [0.25, 0.3) is 0 Å². The van der Waals surface area contributed by atoms with Gasteiger partial charge in [-0.25, -0.2) is 4.79 Å². The molecule has 128 valence electrons. The van der Waals surface area contributed by atoms with Crippen LogP contribution in [0.15, 0.2) is 48.5 Å². The topological polar surface area (TPSA) is 76.4 Å². The van der Waals surface area contributed by atoms with Crippen molar-refractivity contribution in [3.05, 3.63) is 59.7 Å². The smallest absolute Gasteiger partial charge is 0.316 e. The van der Waals surface area contributed by atoms with E-state index in [1.54, 1.807) is 0 Å². The van der Waals surface area contributed by atoms with Gasteiger partial charge >= 0.3 is 6.03 Å². The zero-order chi connectivity index (χ0) is 17.4. The van der Waals surface area contributed by atoms with Crippen LogP contribution in [-0.4, -0.2) is 12.6 Å². The largest absolute Gasteiger partial charge is 0.494 e. The van der Waals surface area contributed by atoms with E-state index in [9.17, 15) is 4.79 Å². The van der Waals surface area contributed by atoms with Crippen molar-refractivity contribution in [2.24, 2.45) is 5.73 Å². The lowest BCUT2D eigenvalue weighted by molar-refractivity contribution is 0.259. The summed E-state index contributed by atoms with van der Waals surface area (Å²) in [4.78, 5) is 10.8. The SMILES string of the molecule is CCCOc1cccc(CNC(C)c2ccc(NC(N)=O)cc2)c1. The molecule has 5 heteroatoms. The zero-order valence-electron chi connectivity index (χ0n) is 14.2. The molecule has 0 aliphatic carbocycles. The molecule has 2 amide bonds. The maximum Gasteiger partial charge on any atom is 0.316 e. The second-order valence-corrected chi connectivity index (χ2v) is 5.71. The minimum absolute atomic E-state index is 0.188. The third kappa shape index (κ3) is 5.59. The minimum Gasteiger partial charge on any atom is -0.494 e. The highest BCUT2D eigenvalue weighted by Gasteiger charge is 2.06. The maximum absolute atomic E-state index is 10.8. The number of hydrogen-bond acceptors (Lipinski definition) is 3. The van der Waals surface area contributed by atoms with Crippen LogP contribution in [0.5, 0.6) is 5.75 Å². The molecule has 1 unspecified atom stereocenters. The second-order valence-electron chi connectivity index (χ2n) is 5.71. The number of amides is 2. The van der Waals surface area contributed by atoms with Gasteiger partial charge in [0.05, 0.1) is 6.61 Å². The molecule has 0 spiro atoms. The fourth-order valence-electron chi connectivity index (χ4n) is 2.35. The lowest BCUT2D eigenvalue weighted by Gasteiger charge is -2.15. The van der Waals surface area contributed by atoms with Crippen LogP contribution in [-0.2, 0) is 6.54 Å². The Labute approximate surface area is 143 Å². The van der Waals surface area contributed by atoms with Crippen molar-refractivity contribution in [3.63, 3.8) is 0 Å². The zero-order valence-corrected chi connectivity index (χ0v) is 14.2. The Bertz CT molecular complexity index is 656. The molecule has 4 N–H and O–H groups in total. The normalized spacial score (nSPS) is 11.8. The van der Waals surface area contributed by atoms with Gasteiger partial charge in [0, 0.05) is 18.3 Å². The third-order valence-electron chi connectivity index (χ3n) is 3.66. The first-order valence-corrected chi connectivity index (χ1v) is 8.20. The molecule has 2 rings (SSSR count). The molecular weight excluding hydrogens is 302 g/mol. The summed E-state index contributed by atoms with van der Waals surface area (Å²) in [5, 5.41) is 6.05. The van der Waals surface area contributed by atoms with E-state index in [2.05, 4.69) is 36.6 Å². The lowest BCUT2D eigenvalue weighted by Crippen LogP contribution is -2.20. The van der Waals surface area contributed by atoms with Crippen LogP contribution in [0.2, 0.25) is 0 Å². The quantitative estimate of drug-likeness (QED) is 0.690. The highest BCUT2D eigenvalue weighted by Crippen LogP contribution is 2.18. The number of primary amides is 1. The van der Waals surface area contributed by atoms with Crippen LogP contribution in [0.1, 0.15) is 37.4 Å². The minimum atomic E-state index is -0.556. The molecule has 0 saturated carbocycles. The Hall–Kier alpha value is -2.53. The van der Waals surface area contributed by atoms with Crippen LogP contribution >= 0.6 is 0 Å². The van der Waals surface area contributed by atoms with E-state index in [4.69, 9.17) is 10.5 Å². The van der Waals surface area contributed by atoms with Crippen molar-refractivity contribution in [1.82, 2.24) is 5.32 Å². The molecule has 0 radical (unpaired) electrons. The van der Waals surface area contributed by atoms with Gasteiger partial charge in [-0.15, -0.1) is 0 Å². The van der Waals surface area contributed by atoms with Crippen molar-refractivity contribution in [2.75, 3.05) is 11.9 Å². The number of urea groups is 1. The van der Waals surface area contributed by atoms with Gasteiger partial charge in [-0.2, -0.15) is 0 Å². The van der Waals surface area contributed by atoms with E-state index < -0.39 is 6.03 Å². The van der Waals surface area contributed by atoms with Gasteiger partial charge in [0.1, 0.15) is 5.75 Å². The first kappa shape index (κ1) is 17.8. The molecule has 1 atom stereocenters. The van der Waals surface area contributed by atoms with E-state index in [1.807, 2.05) is 36.4 Å². The van der Waals surface area contributed by atoms with Crippen LogP contribution in [0.3, 0.4) is 0 Å². The van der Waals surface area contributed by atoms with Crippen molar-refractivity contribution in [2.45, 2.75) is 32.9 Å². The van der Waals surface area contributed by atoms with Gasteiger partial charge in [0.15, 0.2) is 0 Å². The summed E-state index contributed by atoms with van der Waals surface area (Å²) in [5.41, 5.74) is 8.12. The molecular formula is C19H25N3O2. The molecule has 0 heterocycles. The molecule has 0 aromatic heterocycles. The average Bonchev–Trinajstić information content (AvgIpc) is 2.58. The summed E-state index contributed by atoms with van der Waals surface area (Å²) >= 11 is 0. The predicted octanol–water partition coefficient (Wildman–Crippen LogP) is 3.82. The molecule has 0 fully saturated rings. The van der Waals surface area contributed by atoms with Crippen LogP contribution in [0, 0.1) is 0 Å². The highest BCUT2D eigenvalue weighted by atomic mass is 16.5. The Kier molecular flexibility index (Phi) is 6.63. The van der Waals surface area contributed by atoms with Crippen LogP contribution < -0.4 is 21.1 Å². The van der Waals surface area contributed by atoms with E-state index in [-0.39, 0.29) is 6.04 Å². The number of carbonyl (C=O) groups excluding carboxylic acids is 1. The third-order valence-corrected chi connectivity index (χ3v) is 3.66. The van der Waals surface area contributed by atoms with Crippen molar-refractivity contribution >= 4 is 11.7 Å². The molecule has 24 heavy (non-hydrogen) atoms. The second kappa shape index (κ2) is 8.93. The Morgan fingerprint density at radius 1 is 1.21 bits per heavy atom. The van der Waals surface area contributed by atoms with Gasteiger partial charge < -0.3 is 21.1 Å². The van der Waals surface area contributed by atoms with Gasteiger partial charge in [0.2, 0.25) is 0 Å².